The third-order valence-corrected chi connectivity index (χ3v) is 16.5. The molecule has 5 aromatic rings. The first-order valence-corrected chi connectivity index (χ1v) is 23.6. The van der Waals surface area contributed by atoms with Crippen LogP contribution in [-0.4, -0.2) is 46.2 Å². The van der Waals surface area contributed by atoms with E-state index in [1.807, 2.05) is 39.0 Å². The van der Waals surface area contributed by atoms with E-state index < -0.39 is 39.3 Å². The highest BCUT2D eigenvalue weighted by atomic mass is 79.9. The van der Waals surface area contributed by atoms with Crippen LogP contribution in [0.1, 0.15) is 27.8 Å². The zero-order valence-electron chi connectivity index (χ0n) is 27.1. The molecule has 3 aromatic carbocycles. The van der Waals surface area contributed by atoms with E-state index in [0.29, 0.717) is 10.0 Å². The van der Waals surface area contributed by atoms with Crippen LogP contribution in [0.25, 0.3) is 11.1 Å². The molecule has 0 saturated heterocycles. The first kappa shape index (κ1) is 39.1. The summed E-state index contributed by atoms with van der Waals surface area (Å²) >= 11 is 5.46. The van der Waals surface area contributed by atoms with Gasteiger partial charge in [-0.2, -0.15) is 0 Å². The van der Waals surface area contributed by atoms with Crippen LogP contribution in [0.3, 0.4) is 0 Å². The molecule has 0 atom stereocenters. The topological polar surface area (TPSA) is 163 Å². The van der Waals surface area contributed by atoms with Crippen molar-refractivity contribution in [1.82, 2.24) is 0 Å². The van der Waals surface area contributed by atoms with E-state index in [-0.39, 0.29) is 34.5 Å². The molecule has 49 heavy (non-hydrogen) atoms. The zero-order valence-corrected chi connectivity index (χ0v) is 33.6. The van der Waals surface area contributed by atoms with Crippen molar-refractivity contribution in [3.8, 4) is 11.1 Å². The Bertz CT molecular complexity index is 2460. The maximum absolute atomic E-state index is 13.1. The van der Waals surface area contributed by atoms with Crippen LogP contribution in [0.5, 0.6) is 0 Å². The number of nitrogens with two attached hydrogens (primary N) is 1. The Morgan fingerprint density at radius 1 is 0.571 bits per heavy atom. The third kappa shape index (κ3) is 9.35. The Hall–Kier alpha value is -2.70. The Kier molecular flexibility index (Phi) is 11.9. The van der Waals surface area contributed by atoms with Crippen LogP contribution in [0.2, 0.25) is 0 Å². The molecule has 0 unspecified atom stereocenters. The van der Waals surface area contributed by atoms with Crippen LogP contribution in [-0.2, 0) is 52.3 Å². The second kappa shape index (κ2) is 14.9. The van der Waals surface area contributed by atoms with Crippen molar-refractivity contribution in [1.29, 1.82) is 0 Å². The Balaban J connectivity index is 0.000000230. The minimum absolute atomic E-state index is 0.0253. The number of thiophene rings is 2. The van der Waals surface area contributed by atoms with E-state index >= 15 is 0 Å². The van der Waals surface area contributed by atoms with Gasteiger partial charge in [0.1, 0.15) is 8.42 Å². The number of sulfone groups is 4. The largest absolute Gasteiger partial charge is 0.326 e. The van der Waals surface area contributed by atoms with Gasteiger partial charge in [-0.05, 0) is 92.1 Å². The predicted molar refractivity (Wildman–Crippen MR) is 199 cm³/mol. The zero-order chi connectivity index (χ0) is 36.5. The van der Waals surface area contributed by atoms with E-state index in [1.54, 1.807) is 18.2 Å². The second-order valence-corrected chi connectivity index (χ2v) is 22.9. The molecule has 9 nitrogen and oxygen atoms in total. The standard InChI is InChI=1S/C20H21NO4S3.C13H13BrO4S3/c1-13-6-14(2)8-15(7-13)16-9-18(27(3,22)23)11-19(10-16)28(24,25)20-5-4-17(12-21)26-20;1-3-10-4-5-13(19-10)21(17,18)12-7-9(14)6-11(8-12)20(2,15)16/h4-11H,12,21H2,1-3H3;4-8H,3H2,1-2H3. The van der Waals surface area contributed by atoms with Crippen molar-refractivity contribution >= 4 is 78.0 Å². The molecule has 0 fully saturated rings. The normalized spacial score (nSPS) is 12.4. The van der Waals surface area contributed by atoms with E-state index in [2.05, 4.69) is 15.9 Å². The van der Waals surface area contributed by atoms with Crippen molar-refractivity contribution in [2.24, 2.45) is 5.73 Å². The molecule has 16 heteroatoms. The average molecular weight is 845 g/mol. The van der Waals surface area contributed by atoms with Gasteiger partial charge in [-0.3, -0.25) is 0 Å². The first-order valence-electron chi connectivity index (χ1n) is 14.5. The summed E-state index contributed by atoms with van der Waals surface area (Å²) in [6.07, 6.45) is 2.88. The Morgan fingerprint density at radius 3 is 1.43 bits per heavy atom. The molecule has 262 valence electrons. The highest BCUT2D eigenvalue weighted by molar-refractivity contribution is 9.10. The minimum atomic E-state index is -3.86. The molecular formula is C33H34BrNO8S6. The van der Waals surface area contributed by atoms with Crippen molar-refractivity contribution in [2.75, 3.05) is 12.5 Å². The van der Waals surface area contributed by atoms with Gasteiger partial charge in [0.05, 0.1) is 19.6 Å². The average Bonchev–Trinajstić information content (AvgIpc) is 3.71. The summed E-state index contributed by atoms with van der Waals surface area (Å²) in [5.74, 6) is 0. The molecule has 0 saturated carbocycles. The predicted octanol–water partition coefficient (Wildman–Crippen LogP) is 7.04. The SMILES string of the molecule is CCc1ccc(S(=O)(=O)c2cc(Br)cc(S(C)(=O)=O)c2)s1.Cc1cc(C)cc(-c2cc(S(C)(=O)=O)cc(S(=O)(=O)c3ccc(CN)s3)c2)c1. The Morgan fingerprint density at radius 2 is 0.980 bits per heavy atom. The van der Waals surface area contributed by atoms with E-state index in [1.165, 1.54) is 53.8 Å². The van der Waals surface area contributed by atoms with Crippen LogP contribution in [0.4, 0.5) is 0 Å². The fourth-order valence-electron chi connectivity index (χ4n) is 4.69. The number of aryl methyl sites for hydroxylation is 3. The molecule has 0 aliphatic heterocycles. The van der Waals surface area contributed by atoms with Gasteiger partial charge in [-0.15, -0.1) is 22.7 Å². The van der Waals surface area contributed by atoms with Crippen molar-refractivity contribution in [3.05, 3.63) is 104 Å². The van der Waals surface area contributed by atoms with Crippen molar-refractivity contribution in [3.63, 3.8) is 0 Å². The van der Waals surface area contributed by atoms with Gasteiger partial charge in [0, 0.05) is 33.3 Å². The molecule has 0 aliphatic rings. The lowest BCUT2D eigenvalue weighted by Gasteiger charge is -2.11. The quantitative estimate of drug-likeness (QED) is 0.164. The molecule has 0 bridgehead atoms. The van der Waals surface area contributed by atoms with Gasteiger partial charge < -0.3 is 5.73 Å². The van der Waals surface area contributed by atoms with Gasteiger partial charge >= 0.3 is 0 Å². The lowest BCUT2D eigenvalue weighted by molar-refractivity contribution is 0.594. The Labute approximate surface area is 304 Å². The van der Waals surface area contributed by atoms with Crippen LogP contribution in [0.15, 0.2) is 111 Å². The number of hydrogen-bond donors (Lipinski definition) is 1. The molecule has 0 spiro atoms. The molecule has 2 aromatic heterocycles. The summed E-state index contributed by atoms with van der Waals surface area (Å²) in [5, 5.41) is 0. The number of rotatable bonds is 9. The minimum Gasteiger partial charge on any atom is -0.326 e. The molecule has 5 rings (SSSR count). The third-order valence-electron chi connectivity index (χ3n) is 7.11. The lowest BCUT2D eigenvalue weighted by Crippen LogP contribution is -2.04. The highest BCUT2D eigenvalue weighted by Crippen LogP contribution is 2.34. The maximum atomic E-state index is 13.1. The monoisotopic (exact) mass is 843 g/mol. The number of hydrogen-bond acceptors (Lipinski definition) is 11. The summed E-state index contributed by atoms with van der Waals surface area (Å²) in [6.45, 7) is 6.07. The maximum Gasteiger partial charge on any atom is 0.216 e. The lowest BCUT2D eigenvalue weighted by atomic mass is 10.0. The van der Waals surface area contributed by atoms with Gasteiger partial charge in [0.25, 0.3) is 0 Å². The molecule has 2 heterocycles. The van der Waals surface area contributed by atoms with Gasteiger partial charge in [-0.25, -0.2) is 33.7 Å². The molecular weight excluding hydrogens is 811 g/mol. The summed E-state index contributed by atoms with van der Waals surface area (Å²) in [5.41, 5.74) is 8.93. The second-order valence-electron chi connectivity index (χ2n) is 11.2. The molecule has 0 amide bonds. The molecule has 2 N–H and O–H groups in total. The van der Waals surface area contributed by atoms with Gasteiger partial charge in [0.2, 0.25) is 19.7 Å². The van der Waals surface area contributed by atoms with Crippen molar-refractivity contribution < 1.29 is 33.7 Å². The van der Waals surface area contributed by atoms with Crippen LogP contribution >= 0.6 is 38.6 Å². The number of benzene rings is 3. The molecule has 0 aliphatic carbocycles. The number of halogens is 1. The van der Waals surface area contributed by atoms with E-state index in [9.17, 15) is 33.7 Å². The van der Waals surface area contributed by atoms with Crippen LogP contribution < -0.4 is 5.73 Å². The summed E-state index contributed by atoms with van der Waals surface area (Å²) in [6, 6.07) is 20.6. The van der Waals surface area contributed by atoms with Gasteiger partial charge in [-0.1, -0.05) is 52.2 Å². The van der Waals surface area contributed by atoms with Crippen molar-refractivity contribution in [2.45, 2.75) is 61.7 Å². The highest BCUT2D eigenvalue weighted by Gasteiger charge is 2.24. The van der Waals surface area contributed by atoms with Gasteiger partial charge in [0.15, 0.2) is 19.7 Å². The summed E-state index contributed by atoms with van der Waals surface area (Å²) in [4.78, 5) is 1.58. The fourth-order valence-corrected chi connectivity index (χ4v) is 12.5. The van der Waals surface area contributed by atoms with E-state index in [0.717, 1.165) is 56.7 Å². The van der Waals surface area contributed by atoms with E-state index in [4.69, 9.17) is 5.73 Å². The van der Waals surface area contributed by atoms with Crippen LogP contribution in [0, 0.1) is 13.8 Å². The smallest absolute Gasteiger partial charge is 0.216 e. The fraction of sp³-hybridized carbons (Fsp3) is 0.212. The summed E-state index contributed by atoms with van der Waals surface area (Å²) in [7, 11) is -14.7. The first-order chi connectivity index (χ1) is 22.6. The summed E-state index contributed by atoms with van der Waals surface area (Å²) < 4.78 is 99.9. The molecule has 0 radical (unpaired) electrons.